The molecule has 1 aromatic carbocycles. The quantitative estimate of drug-likeness (QED) is 0.910. The molecule has 1 saturated carbocycles. The van der Waals surface area contributed by atoms with Crippen molar-refractivity contribution in [1.29, 1.82) is 0 Å². The summed E-state index contributed by atoms with van der Waals surface area (Å²) >= 11 is 0. The minimum atomic E-state index is -0.244. The van der Waals surface area contributed by atoms with Crippen LogP contribution in [0, 0.1) is 0 Å². The number of nitrogens with two attached hydrogens (primary N) is 1. The molecule has 1 aliphatic rings. The first-order chi connectivity index (χ1) is 10.2. The summed E-state index contributed by atoms with van der Waals surface area (Å²) in [7, 11) is 0. The normalized spacial score (nSPS) is 17.6. The molecule has 1 aromatic heterocycles. The van der Waals surface area contributed by atoms with Crippen LogP contribution in [0.5, 0.6) is 0 Å². The molecule has 21 heavy (non-hydrogen) atoms. The second-order valence-corrected chi connectivity index (χ2v) is 5.99. The number of nitrogens with zero attached hydrogens (tertiary/aromatic N) is 1. The maximum Gasteiger partial charge on any atom is 0.253 e. The van der Waals surface area contributed by atoms with Gasteiger partial charge in [-0.3, -0.25) is 9.78 Å². The molecule has 1 fully saturated rings. The zero-order chi connectivity index (χ0) is 14.7. The molecule has 3 rings (SSSR count). The summed E-state index contributed by atoms with van der Waals surface area (Å²) in [4.78, 5) is 16.8. The molecule has 4 heteroatoms. The van der Waals surface area contributed by atoms with Crippen molar-refractivity contribution >= 4 is 16.8 Å². The molecule has 2 aromatic rings. The van der Waals surface area contributed by atoms with Gasteiger partial charge in [-0.25, -0.2) is 0 Å². The minimum Gasteiger partial charge on any atom is -0.350 e. The van der Waals surface area contributed by atoms with Gasteiger partial charge in [-0.15, -0.1) is 0 Å². The van der Waals surface area contributed by atoms with E-state index in [0.29, 0.717) is 12.1 Å². The van der Waals surface area contributed by atoms with Crippen LogP contribution in [-0.4, -0.2) is 23.0 Å². The molecule has 0 saturated heterocycles. The molecule has 0 bridgehead atoms. The predicted octanol–water partition coefficient (Wildman–Crippen LogP) is 2.63. The third-order valence-electron chi connectivity index (χ3n) is 4.33. The number of nitrogens with one attached hydrogen (secondary N) is 1. The molecule has 0 spiro atoms. The average molecular weight is 283 g/mol. The fourth-order valence-electron chi connectivity index (χ4n) is 3.07. The van der Waals surface area contributed by atoms with E-state index in [4.69, 9.17) is 5.73 Å². The maximum absolute atomic E-state index is 12.4. The Balaban J connectivity index is 1.75. The molecule has 1 aliphatic carbocycles. The first-order valence-electron chi connectivity index (χ1n) is 7.59. The van der Waals surface area contributed by atoms with E-state index in [9.17, 15) is 4.79 Å². The maximum atomic E-state index is 12.4. The van der Waals surface area contributed by atoms with Gasteiger partial charge in [0, 0.05) is 23.7 Å². The first-order valence-corrected chi connectivity index (χ1v) is 7.59. The molecular formula is C17H21N3O. The number of benzene rings is 1. The highest BCUT2D eigenvalue weighted by Gasteiger charge is 2.28. The van der Waals surface area contributed by atoms with Crippen LogP contribution in [0.2, 0.25) is 0 Å². The van der Waals surface area contributed by atoms with E-state index in [1.165, 1.54) is 6.42 Å². The highest BCUT2D eigenvalue weighted by Crippen LogP contribution is 2.25. The highest BCUT2D eigenvalue weighted by molar-refractivity contribution is 6.05. The number of pyridine rings is 1. The molecule has 0 aliphatic heterocycles. The van der Waals surface area contributed by atoms with Gasteiger partial charge in [0.1, 0.15) is 0 Å². The van der Waals surface area contributed by atoms with E-state index >= 15 is 0 Å². The minimum absolute atomic E-state index is 0.0882. The summed E-state index contributed by atoms with van der Waals surface area (Å²) in [5.41, 5.74) is 7.48. The van der Waals surface area contributed by atoms with Gasteiger partial charge in [0.05, 0.1) is 11.1 Å². The van der Waals surface area contributed by atoms with E-state index in [2.05, 4.69) is 10.3 Å². The van der Waals surface area contributed by atoms with Crippen LogP contribution in [0.3, 0.4) is 0 Å². The fraction of sp³-hybridized carbons (Fsp3) is 0.412. The van der Waals surface area contributed by atoms with Gasteiger partial charge in [0.25, 0.3) is 5.91 Å². The van der Waals surface area contributed by atoms with E-state index in [-0.39, 0.29) is 11.4 Å². The number of rotatable bonds is 3. The average Bonchev–Trinajstić information content (AvgIpc) is 2.53. The Kier molecular flexibility index (Phi) is 3.88. The van der Waals surface area contributed by atoms with Gasteiger partial charge in [-0.1, -0.05) is 37.5 Å². The number of amides is 1. The molecule has 0 atom stereocenters. The van der Waals surface area contributed by atoms with Crippen LogP contribution >= 0.6 is 0 Å². The van der Waals surface area contributed by atoms with E-state index in [1.807, 2.05) is 30.3 Å². The van der Waals surface area contributed by atoms with Crippen molar-refractivity contribution < 1.29 is 4.79 Å². The largest absolute Gasteiger partial charge is 0.350 e. The second-order valence-electron chi connectivity index (χ2n) is 5.99. The lowest BCUT2D eigenvalue weighted by molar-refractivity contribution is 0.0939. The zero-order valence-electron chi connectivity index (χ0n) is 12.1. The molecule has 1 heterocycles. The van der Waals surface area contributed by atoms with Crippen LogP contribution in [0.25, 0.3) is 10.9 Å². The molecule has 3 N–H and O–H groups in total. The van der Waals surface area contributed by atoms with Crippen LogP contribution in [0.1, 0.15) is 42.5 Å². The van der Waals surface area contributed by atoms with Gasteiger partial charge < -0.3 is 11.1 Å². The van der Waals surface area contributed by atoms with Gasteiger partial charge in [0.2, 0.25) is 0 Å². The van der Waals surface area contributed by atoms with Crippen molar-refractivity contribution in [1.82, 2.24) is 10.3 Å². The van der Waals surface area contributed by atoms with Gasteiger partial charge in [-0.2, -0.15) is 0 Å². The van der Waals surface area contributed by atoms with E-state index in [0.717, 1.165) is 36.6 Å². The van der Waals surface area contributed by atoms with Gasteiger partial charge in [0.15, 0.2) is 0 Å². The molecular weight excluding hydrogens is 262 g/mol. The summed E-state index contributed by atoms with van der Waals surface area (Å²) in [5, 5.41) is 3.97. The number of fused-ring (bicyclic) bond motifs is 1. The summed E-state index contributed by atoms with van der Waals surface area (Å²) in [6.45, 7) is 0.537. The summed E-state index contributed by atoms with van der Waals surface area (Å²) in [6, 6.07) is 9.50. The number of aromatic nitrogens is 1. The fourth-order valence-corrected chi connectivity index (χ4v) is 3.07. The Morgan fingerprint density at radius 2 is 1.95 bits per heavy atom. The SMILES string of the molecule is NC1(CNC(=O)c2cccc3cccnc23)CCCCC1. The lowest BCUT2D eigenvalue weighted by Gasteiger charge is -2.33. The van der Waals surface area contributed by atoms with Crippen molar-refractivity contribution in [2.45, 2.75) is 37.6 Å². The summed E-state index contributed by atoms with van der Waals surface area (Å²) in [5.74, 6) is -0.0882. The smallest absolute Gasteiger partial charge is 0.253 e. The first kappa shape index (κ1) is 14.0. The van der Waals surface area contributed by atoms with Gasteiger partial charge in [-0.05, 0) is 25.0 Å². The lowest BCUT2D eigenvalue weighted by Crippen LogP contribution is -2.51. The Labute approximate surface area is 124 Å². The Morgan fingerprint density at radius 3 is 2.76 bits per heavy atom. The molecule has 0 unspecified atom stereocenters. The summed E-state index contributed by atoms with van der Waals surface area (Å²) in [6.07, 6.45) is 7.25. The molecule has 4 nitrogen and oxygen atoms in total. The third-order valence-corrected chi connectivity index (χ3v) is 4.33. The van der Waals surface area contributed by atoms with Crippen molar-refractivity contribution in [3.05, 3.63) is 42.1 Å². The van der Waals surface area contributed by atoms with Crippen molar-refractivity contribution in [2.24, 2.45) is 5.73 Å². The molecule has 110 valence electrons. The van der Waals surface area contributed by atoms with E-state index in [1.54, 1.807) is 6.20 Å². The number of para-hydroxylation sites is 1. The zero-order valence-corrected chi connectivity index (χ0v) is 12.1. The summed E-state index contributed by atoms with van der Waals surface area (Å²) < 4.78 is 0. The van der Waals surface area contributed by atoms with Crippen molar-refractivity contribution in [2.75, 3.05) is 6.54 Å². The Bertz CT molecular complexity index is 642. The number of carbonyl (C=O) groups excluding carboxylic acids is 1. The predicted molar refractivity (Wildman–Crippen MR) is 84.1 cm³/mol. The second kappa shape index (κ2) is 5.82. The molecule has 0 radical (unpaired) electrons. The molecule has 1 amide bonds. The standard InChI is InChI=1S/C17H21N3O/c18-17(9-2-1-3-10-17)12-20-16(21)14-8-4-6-13-7-5-11-19-15(13)14/h4-8,11H,1-3,9-10,12,18H2,(H,20,21). The highest BCUT2D eigenvalue weighted by atomic mass is 16.1. The number of carbonyl (C=O) groups is 1. The Hall–Kier alpha value is -1.94. The van der Waals surface area contributed by atoms with Gasteiger partial charge >= 0.3 is 0 Å². The van der Waals surface area contributed by atoms with Crippen molar-refractivity contribution in [3.63, 3.8) is 0 Å². The monoisotopic (exact) mass is 283 g/mol. The van der Waals surface area contributed by atoms with Crippen LogP contribution in [-0.2, 0) is 0 Å². The Morgan fingerprint density at radius 1 is 1.19 bits per heavy atom. The van der Waals surface area contributed by atoms with Crippen molar-refractivity contribution in [3.8, 4) is 0 Å². The topological polar surface area (TPSA) is 68.0 Å². The third kappa shape index (κ3) is 3.05. The lowest BCUT2D eigenvalue weighted by atomic mass is 9.82. The van der Waals surface area contributed by atoms with Crippen LogP contribution in [0.15, 0.2) is 36.5 Å². The number of hydrogen-bond acceptors (Lipinski definition) is 3. The van der Waals surface area contributed by atoms with Crippen LogP contribution < -0.4 is 11.1 Å². The van der Waals surface area contributed by atoms with Crippen LogP contribution in [0.4, 0.5) is 0 Å². The number of hydrogen-bond donors (Lipinski definition) is 2. The van der Waals surface area contributed by atoms with E-state index < -0.39 is 0 Å².